The van der Waals surface area contributed by atoms with Crippen LogP contribution in [0.1, 0.15) is 23.0 Å². The van der Waals surface area contributed by atoms with E-state index in [-0.39, 0.29) is 19.0 Å². The second kappa shape index (κ2) is 7.21. The number of carbonyl (C=O) groups excluding carboxylic acids is 1. The Labute approximate surface area is 140 Å². The summed E-state index contributed by atoms with van der Waals surface area (Å²) in [7, 11) is 1.54. The molecule has 0 aliphatic rings. The lowest BCUT2D eigenvalue weighted by Crippen LogP contribution is -2.13. The second-order valence-electron chi connectivity index (χ2n) is 4.85. The highest BCUT2D eigenvalue weighted by Gasteiger charge is 2.19. The van der Waals surface area contributed by atoms with Crippen LogP contribution in [0.15, 0.2) is 22.7 Å². The molecular formula is C15H15BrO5S. The quantitative estimate of drug-likeness (QED) is 0.576. The molecular weight excluding hydrogens is 372 g/mol. The third kappa shape index (κ3) is 3.85. The maximum atomic E-state index is 12.2. The van der Waals surface area contributed by atoms with Gasteiger partial charge in [-0.1, -0.05) is 6.92 Å². The van der Waals surface area contributed by atoms with Crippen molar-refractivity contribution in [2.45, 2.75) is 13.3 Å². The summed E-state index contributed by atoms with van der Waals surface area (Å²) >= 11 is 4.76. The van der Waals surface area contributed by atoms with Gasteiger partial charge in [0.15, 0.2) is 12.6 Å². The van der Waals surface area contributed by atoms with Crippen molar-refractivity contribution in [1.82, 2.24) is 0 Å². The molecule has 0 bridgehead atoms. The molecule has 5 nitrogen and oxygen atoms in total. The molecule has 1 aromatic heterocycles. The van der Waals surface area contributed by atoms with Crippen molar-refractivity contribution in [2.75, 3.05) is 13.9 Å². The van der Waals surface area contributed by atoms with Gasteiger partial charge in [-0.15, -0.1) is 11.3 Å². The van der Waals surface area contributed by atoms with Gasteiger partial charge < -0.3 is 14.6 Å². The van der Waals surface area contributed by atoms with Gasteiger partial charge in [-0.05, 0) is 39.5 Å². The minimum Gasteiger partial charge on any atom is -0.481 e. The number of thiophene rings is 1. The van der Waals surface area contributed by atoms with E-state index < -0.39 is 11.9 Å². The summed E-state index contributed by atoms with van der Waals surface area (Å²) in [5, 5.41) is 9.77. The topological polar surface area (TPSA) is 72.8 Å². The molecule has 1 aromatic carbocycles. The molecule has 1 atom stereocenters. The minimum absolute atomic E-state index is 0.00361. The lowest BCUT2D eigenvalue weighted by Gasteiger charge is -2.06. The van der Waals surface area contributed by atoms with E-state index in [0.29, 0.717) is 10.6 Å². The number of hydrogen-bond acceptors (Lipinski definition) is 5. The second-order valence-corrected chi connectivity index (χ2v) is 6.79. The van der Waals surface area contributed by atoms with Gasteiger partial charge in [0.2, 0.25) is 0 Å². The van der Waals surface area contributed by atoms with Crippen LogP contribution < -0.4 is 4.74 Å². The van der Waals surface area contributed by atoms with Crippen LogP contribution in [0.5, 0.6) is 5.75 Å². The van der Waals surface area contributed by atoms with E-state index >= 15 is 0 Å². The van der Waals surface area contributed by atoms with E-state index in [4.69, 9.17) is 14.6 Å². The third-order valence-corrected chi connectivity index (χ3v) is 4.85. The maximum Gasteiger partial charge on any atom is 0.306 e. The third-order valence-electron chi connectivity index (χ3n) is 3.09. The number of halogens is 1. The first-order chi connectivity index (χ1) is 10.4. The van der Waals surface area contributed by atoms with Crippen molar-refractivity contribution < 1.29 is 24.2 Å². The van der Waals surface area contributed by atoms with Crippen molar-refractivity contribution >= 4 is 49.1 Å². The number of rotatable bonds is 7. The Morgan fingerprint density at radius 2 is 2.09 bits per heavy atom. The number of methoxy groups -OCH3 is 1. The van der Waals surface area contributed by atoms with Crippen LogP contribution >= 0.6 is 27.3 Å². The first-order valence-electron chi connectivity index (χ1n) is 6.53. The van der Waals surface area contributed by atoms with Crippen LogP contribution in [0.3, 0.4) is 0 Å². The molecule has 1 heterocycles. The van der Waals surface area contributed by atoms with E-state index in [9.17, 15) is 9.59 Å². The van der Waals surface area contributed by atoms with Crippen molar-refractivity contribution in [3.8, 4) is 5.75 Å². The number of Topliss-reactive ketones (excluding diaryl/α,β-unsaturated/α-hetero) is 1. The smallest absolute Gasteiger partial charge is 0.306 e. The Bertz CT molecular complexity index is 709. The number of carboxylic acid groups (broad SMARTS) is 1. The summed E-state index contributed by atoms with van der Waals surface area (Å²) in [6.45, 7) is 1.66. The number of benzene rings is 1. The number of aliphatic carboxylic acids is 1. The first kappa shape index (κ1) is 16.9. The zero-order valence-corrected chi connectivity index (χ0v) is 14.5. The van der Waals surface area contributed by atoms with Crippen LogP contribution in [0.4, 0.5) is 0 Å². The molecule has 0 aliphatic heterocycles. The zero-order valence-electron chi connectivity index (χ0n) is 12.1. The monoisotopic (exact) mass is 386 g/mol. The molecule has 0 saturated heterocycles. The number of ketones is 1. The van der Waals surface area contributed by atoms with Gasteiger partial charge in [-0.3, -0.25) is 9.59 Å². The standard InChI is InChI=1S/C15H15BrO5S/c1-8(15(18)19)3-11(17)14-5-9-4-12(21-7-20-2)10(16)6-13(9)22-14/h4-6,8H,3,7H2,1-2H3,(H,18,19). The molecule has 0 fully saturated rings. The number of ether oxygens (including phenoxy) is 2. The average molecular weight is 387 g/mol. The molecule has 0 saturated carbocycles. The summed E-state index contributed by atoms with van der Waals surface area (Å²) in [6, 6.07) is 5.47. The van der Waals surface area contributed by atoms with E-state index in [1.54, 1.807) is 6.07 Å². The molecule has 2 aromatic rings. The number of fused-ring (bicyclic) bond motifs is 1. The number of hydrogen-bond donors (Lipinski definition) is 1. The van der Waals surface area contributed by atoms with Gasteiger partial charge >= 0.3 is 5.97 Å². The highest BCUT2D eigenvalue weighted by atomic mass is 79.9. The lowest BCUT2D eigenvalue weighted by atomic mass is 10.0. The molecule has 7 heteroatoms. The lowest BCUT2D eigenvalue weighted by molar-refractivity contribution is -0.141. The van der Waals surface area contributed by atoms with Gasteiger partial charge in [-0.2, -0.15) is 0 Å². The maximum absolute atomic E-state index is 12.2. The first-order valence-corrected chi connectivity index (χ1v) is 8.14. The fraction of sp³-hybridized carbons (Fsp3) is 0.333. The molecule has 0 aliphatic carbocycles. The van der Waals surface area contributed by atoms with E-state index in [2.05, 4.69) is 15.9 Å². The Hall–Kier alpha value is -1.44. The van der Waals surface area contributed by atoms with Crippen molar-refractivity contribution in [3.05, 3.63) is 27.5 Å². The van der Waals surface area contributed by atoms with Gasteiger partial charge in [0, 0.05) is 18.2 Å². The Kier molecular flexibility index (Phi) is 5.55. The van der Waals surface area contributed by atoms with Gasteiger partial charge in [-0.25, -0.2) is 0 Å². The van der Waals surface area contributed by atoms with Crippen molar-refractivity contribution in [3.63, 3.8) is 0 Å². The SMILES string of the molecule is COCOc1cc2cc(C(=O)CC(C)C(=O)O)sc2cc1Br. The summed E-state index contributed by atoms with van der Waals surface area (Å²) in [5.41, 5.74) is 0. The average Bonchev–Trinajstić information content (AvgIpc) is 2.87. The van der Waals surface area contributed by atoms with Crippen LogP contribution in [0, 0.1) is 5.92 Å². The highest BCUT2D eigenvalue weighted by molar-refractivity contribution is 9.10. The predicted octanol–water partition coefficient (Wildman–Crippen LogP) is 3.94. The predicted molar refractivity (Wildman–Crippen MR) is 87.8 cm³/mol. The fourth-order valence-electron chi connectivity index (χ4n) is 1.88. The van der Waals surface area contributed by atoms with Crippen LogP contribution in [0.25, 0.3) is 10.1 Å². The summed E-state index contributed by atoms with van der Waals surface area (Å²) in [6.07, 6.45) is -0.00361. The van der Waals surface area contributed by atoms with E-state index in [1.807, 2.05) is 12.1 Å². The van der Waals surface area contributed by atoms with Gasteiger partial charge in [0.1, 0.15) is 5.75 Å². The molecule has 118 valence electrons. The fourth-order valence-corrected chi connectivity index (χ4v) is 3.52. The molecule has 2 rings (SSSR count). The number of carbonyl (C=O) groups is 2. The molecule has 1 unspecified atom stereocenters. The highest BCUT2D eigenvalue weighted by Crippen LogP contribution is 2.35. The molecule has 0 spiro atoms. The Morgan fingerprint density at radius 1 is 1.36 bits per heavy atom. The van der Waals surface area contributed by atoms with Gasteiger partial charge in [0.05, 0.1) is 15.3 Å². The van der Waals surface area contributed by atoms with Crippen LogP contribution in [-0.2, 0) is 9.53 Å². The van der Waals surface area contributed by atoms with Crippen molar-refractivity contribution in [2.24, 2.45) is 5.92 Å². The minimum atomic E-state index is -0.965. The van der Waals surface area contributed by atoms with Crippen molar-refractivity contribution in [1.29, 1.82) is 0 Å². The van der Waals surface area contributed by atoms with Gasteiger partial charge in [0.25, 0.3) is 0 Å². The summed E-state index contributed by atoms with van der Waals surface area (Å²) in [5.74, 6) is -1.19. The van der Waals surface area contributed by atoms with E-state index in [0.717, 1.165) is 14.6 Å². The largest absolute Gasteiger partial charge is 0.481 e. The Balaban J connectivity index is 2.26. The van der Waals surface area contributed by atoms with Crippen LogP contribution in [-0.4, -0.2) is 30.8 Å². The molecule has 0 radical (unpaired) electrons. The molecule has 0 amide bonds. The Morgan fingerprint density at radius 3 is 2.73 bits per heavy atom. The van der Waals surface area contributed by atoms with Crippen LogP contribution in [0.2, 0.25) is 0 Å². The normalized spacial score (nSPS) is 12.3. The summed E-state index contributed by atoms with van der Waals surface area (Å²) < 4.78 is 12.0. The number of carboxylic acids is 1. The zero-order chi connectivity index (χ0) is 16.3. The summed E-state index contributed by atoms with van der Waals surface area (Å²) in [4.78, 5) is 23.6. The molecule has 22 heavy (non-hydrogen) atoms. The van der Waals surface area contributed by atoms with E-state index in [1.165, 1.54) is 25.4 Å². The molecule has 1 N–H and O–H groups in total.